The van der Waals surface area contributed by atoms with Crippen molar-refractivity contribution < 1.29 is 29.0 Å². The Labute approximate surface area is 262 Å². The van der Waals surface area contributed by atoms with Crippen molar-refractivity contribution in [3.8, 4) is 0 Å². The van der Waals surface area contributed by atoms with Crippen LogP contribution in [0.4, 0.5) is 15.6 Å². The number of hydrogen-bond donors (Lipinski definition) is 4. The Balaban J connectivity index is 1.93. The number of H-pyrrole nitrogens is 1. The van der Waals surface area contributed by atoms with E-state index in [-0.39, 0.29) is 39.8 Å². The predicted molar refractivity (Wildman–Crippen MR) is 169 cm³/mol. The van der Waals surface area contributed by atoms with Crippen LogP contribution in [-0.2, 0) is 33.8 Å². The molecule has 6 N–H and O–H groups in total. The maximum Gasteiger partial charge on any atom is 0.536 e. The van der Waals surface area contributed by atoms with E-state index in [9.17, 15) is 24.3 Å². The van der Waals surface area contributed by atoms with Gasteiger partial charge in [-0.2, -0.15) is 4.79 Å². The monoisotopic (exact) mass is 634 g/mol. The molecule has 2 atom stereocenters. The number of nitrogens with two attached hydrogens (primary N) is 2. The van der Waals surface area contributed by atoms with Crippen molar-refractivity contribution in [2.24, 2.45) is 11.5 Å². The Morgan fingerprint density at radius 3 is 2.20 bits per heavy atom. The lowest BCUT2D eigenvalue weighted by molar-refractivity contribution is -0.137. The number of nitrogens with zero attached hydrogens (tertiary/aromatic N) is 2. The molecule has 228 valence electrons. The number of aliphatic carboxylic acids is 1. The van der Waals surface area contributed by atoms with Gasteiger partial charge in [-0.15, -0.1) is 5.10 Å². The minimum atomic E-state index is -1.28. The van der Waals surface area contributed by atoms with Crippen molar-refractivity contribution in [1.82, 2.24) is 14.7 Å². The fourth-order valence-corrected chi connectivity index (χ4v) is 5.85. The van der Waals surface area contributed by atoms with Gasteiger partial charge in [-0.05, 0) is 59.5 Å². The zero-order valence-electron chi connectivity index (χ0n) is 23.7. The number of aromatic amines is 1. The molecule has 0 aliphatic heterocycles. The average Bonchev–Trinajstić information content (AvgIpc) is 3.48. The Bertz CT molecular complexity index is 1690. The largest absolute Gasteiger partial charge is 0.536 e. The van der Waals surface area contributed by atoms with E-state index in [0.717, 1.165) is 16.9 Å². The summed E-state index contributed by atoms with van der Waals surface area (Å²) >= 11 is 6.13. The fourth-order valence-electron chi connectivity index (χ4n) is 4.82. The van der Waals surface area contributed by atoms with Gasteiger partial charge in [0.05, 0.1) is 11.6 Å². The first kappa shape index (κ1) is 32.5. The van der Waals surface area contributed by atoms with Gasteiger partial charge in [0.2, 0.25) is 0 Å². The third-order valence-corrected chi connectivity index (χ3v) is 8.18. The van der Waals surface area contributed by atoms with E-state index in [1.807, 2.05) is 36.4 Å². The Hall–Kier alpha value is -4.40. The fraction of sp³-hybridized carbons (Fsp3) is 0.226. The van der Waals surface area contributed by atoms with Gasteiger partial charge >= 0.3 is 23.1 Å². The number of aromatic nitrogens is 2. The first-order valence-electron chi connectivity index (χ1n) is 13.8. The summed E-state index contributed by atoms with van der Waals surface area (Å²) in [5.41, 5.74) is 14.3. The second-order valence-electron chi connectivity index (χ2n) is 9.90. The van der Waals surface area contributed by atoms with E-state index in [1.54, 1.807) is 36.4 Å². The van der Waals surface area contributed by atoms with Crippen LogP contribution in [0.1, 0.15) is 39.9 Å². The highest BCUT2D eigenvalue weighted by Crippen LogP contribution is 2.42. The molecule has 0 saturated carbocycles. The van der Waals surface area contributed by atoms with E-state index in [0.29, 0.717) is 24.0 Å². The van der Waals surface area contributed by atoms with E-state index in [2.05, 4.69) is 10.2 Å². The topological polar surface area (TPSA) is 178 Å². The van der Waals surface area contributed by atoms with Crippen LogP contribution in [0.15, 0.2) is 78.9 Å². The van der Waals surface area contributed by atoms with Crippen molar-refractivity contribution >= 4 is 58.1 Å². The number of benzene rings is 3. The lowest BCUT2D eigenvalue weighted by Crippen LogP contribution is -2.58. The molecule has 0 saturated heterocycles. The number of Topliss-reactive ketones (excluding diaryl/α,β-unsaturated/α-hetero) is 1. The smallest absolute Gasteiger partial charge is 0.481 e. The number of rotatable bonds is 13. The molecule has 13 heteroatoms. The summed E-state index contributed by atoms with van der Waals surface area (Å²) in [5, 5.41) is 15.9. The quantitative estimate of drug-likeness (QED) is 0.0905. The molecule has 1 aromatic heterocycles. The predicted octanol–water partition coefficient (Wildman–Crippen LogP) is 4.82. The molecular formula is C31H32N5O6S2+. The molecule has 1 heterocycles. The summed E-state index contributed by atoms with van der Waals surface area (Å²) < 4.78 is 4.62. The van der Waals surface area contributed by atoms with Crippen LogP contribution in [0, 0.1) is 3.95 Å². The highest BCUT2D eigenvalue weighted by molar-refractivity contribution is 7.73. The number of nitrogens with one attached hydrogen (secondary N) is 1. The SMILES string of the molecule is NCC(=O)[N+](C(=O)OCc1ccccc1)(c1n[nH]c(=S)s1)c1cccc(CCc2ccccc2)c1C(=O)[C@@H](N)CCC(=O)O. The Morgan fingerprint density at radius 1 is 0.955 bits per heavy atom. The molecular weight excluding hydrogens is 603 g/mol. The van der Waals surface area contributed by atoms with Crippen LogP contribution in [0.2, 0.25) is 0 Å². The normalized spacial score (nSPS) is 13.0. The van der Waals surface area contributed by atoms with E-state index < -0.39 is 40.8 Å². The standard InChI is InChI=1S/C31H31N5O6S2/c32-18-25(37)36(29-34-35-30(43)44-29,31(41)42-19-21-10-5-2-6-11-21)24-13-7-12-22(15-14-20-8-3-1-4-9-20)27(24)28(40)23(33)16-17-26(38)39/h1-13,23H,14-19,32-33H2,(H-,35,38,39,43)/p+1/t23-,36?/m0/s1. The molecule has 4 rings (SSSR count). The molecule has 0 fully saturated rings. The van der Waals surface area contributed by atoms with Gasteiger partial charge < -0.3 is 21.3 Å². The number of hydrogen-bond acceptors (Lipinski definition) is 10. The van der Waals surface area contributed by atoms with Gasteiger partial charge in [0.25, 0.3) is 0 Å². The number of aryl methyl sites for hydroxylation is 2. The second-order valence-corrected chi connectivity index (χ2v) is 11.5. The average molecular weight is 635 g/mol. The van der Waals surface area contributed by atoms with E-state index in [4.69, 9.17) is 28.4 Å². The molecule has 4 aromatic rings. The summed E-state index contributed by atoms with van der Waals surface area (Å²) in [6.45, 7) is -0.790. The highest BCUT2D eigenvalue weighted by Gasteiger charge is 2.56. The zero-order valence-corrected chi connectivity index (χ0v) is 25.3. The van der Waals surface area contributed by atoms with Gasteiger partial charge in [-0.1, -0.05) is 77.3 Å². The molecule has 44 heavy (non-hydrogen) atoms. The van der Waals surface area contributed by atoms with E-state index in [1.165, 1.54) is 6.07 Å². The molecule has 0 spiro atoms. The van der Waals surface area contributed by atoms with Crippen molar-refractivity contribution in [2.75, 3.05) is 6.54 Å². The van der Waals surface area contributed by atoms with Gasteiger partial charge in [-0.3, -0.25) is 14.7 Å². The number of imide groups is 1. The number of carboxylic acid groups (broad SMARTS) is 1. The molecule has 2 amide bonds. The number of carbonyl (C=O) groups excluding carboxylic acids is 3. The van der Waals surface area contributed by atoms with Crippen LogP contribution in [0.5, 0.6) is 0 Å². The van der Waals surface area contributed by atoms with Crippen molar-refractivity contribution in [1.29, 1.82) is 0 Å². The molecule has 0 radical (unpaired) electrons. The van der Waals surface area contributed by atoms with Gasteiger partial charge in [0, 0.05) is 12.5 Å². The first-order valence-corrected chi connectivity index (χ1v) is 15.0. The number of quaternary nitrogens is 1. The van der Waals surface area contributed by atoms with Crippen molar-refractivity contribution in [2.45, 2.75) is 38.3 Å². The number of ether oxygens (including phenoxy) is 1. The summed E-state index contributed by atoms with van der Waals surface area (Å²) in [6, 6.07) is 22.0. The number of ketones is 1. The Kier molecular flexibility index (Phi) is 11.0. The maximum absolute atomic E-state index is 14.3. The van der Waals surface area contributed by atoms with E-state index >= 15 is 0 Å². The summed E-state index contributed by atoms with van der Waals surface area (Å²) in [6.07, 6.45) is -0.687. The lowest BCUT2D eigenvalue weighted by Gasteiger charge is -2.30. The van der Waals surface area contributed by atoms with Crippen LogP contribution >= 0.6 is 23.6 Å². The molecule has 0 bridgehead atoms. The third-order valence-electron chi connectivity index (χ3n) is 7.01. The first-order chi connectivity index (χ1) is 21.2. The molecule has 3 aromatic carbocycles. The maximum atomic E-state index is 14.3. The minimum Gasteiger partial charge on any atom is -0.481 e. The number of carbonyl (C=O) groups is 4. The summed E-state index contributed by atoms with van der Waals surface area (Å²) in [7, 11) is 0. The van der Waals surface area contributed by atoms with Crippen LogP contribution in [0.25, 0.3) is 0 Å². The van der Waals surface area contributed by atoms with Crippen molar-refractivity contribution in [3.05, 3.63) is 105 Å². The van der Waals surface area contributed by atoms with Crippen LogP contribution in [0.3, 0.4) is 0 Å². The van der Waals surface area contributed by atoms with Gasteiger partial charge in [0.15, 0.2) is 15.4 Å². The molecule has 0 aliphatic rings. The second kappa shape index (κ2) is 14.9. The van der Waals surface area contributed by atoms with Crippen molar-refractivity contribution in [3.63, 3.8) is 0 Å². The molecule has 1 unspecified atom stereocenters. The summed E-state index contributed by atoms with van der Waals surface area (Å²) in [5.74, 6) is -2.57. The van der Waals surface area contributed by atoms with Gasteiger partial charge in [0.1, 0.15) is 13.2 Å². The highest BCUT2D eigenvalue weighted by atomic mass is 32.1. The Morgan fingerprint density at radius 2 is 1.61 bits per heavy atom. The van der Waals surface area contributed by atoms with Crippen LogP contribution in [-0.4, -0.2) is 51.6 Å². The molecule has 0 aliphatic carbocycles. The number of carboxylic acids is 1. The minimum absolute atomic E-state index is 0.000833. The zero-order chi connectivity index (χ0) is 31.7. The molecule has 11 nitrogen and oxygen atoms in total. The third kappa shape index (κ3) is 7.21. The summed E-state index contributed by atoms with van der Waals surface area (Å²) in [4.78, 5) is 53.7. The van der Waals surface area contributed by atoms with Crippen LogP contribution < -0.4 is 16.0 Å². The lowest BCUT2D eigenvalue weighted by atomic mass is 9.90. The van der Waals surface area contributed by atoms with Gasteiger partial charge in [-0.25, -0.2) is 4.79 Å². The number of amides is 2.